The number of aromatic nitrogens is 2. The van der Waals surface area contributed by atoms with E-state index in [0.717, 1.165) is 32.9 Å². The largest absolute Gasteiger partial charge is 0.458 e. The summed E-state index contributed by atoms with van der Waals surface area (Å²) in [6.45, 7) is -0.0274. The van der Waals surface area contributed by atoms with Gasteiger partial charge in [-0.3, -0.25) is 9.59 Å². The molecule has 35 heavy (non-hydrogen) atoms. The van der Waals surface area contributed by atoms with Gasteiger partial charge in [0.1, 0.15) is 6.10 Å². The Labute approximate surface area is 202 Å². The summed E-state index contributed by atoms with van der Waals surface area (Å²) in [6, 6.07) is 15.8. The molecule has 2 aromatic heterocycles. The Morgan fingerprint density at radius 3 is 1.91 bits per heavy atom. The van der Waals surface area contributed by atoms with Crippen LogP contribution in [0.1, 0.15) is 30.4 Å². The summed E-state index contributed by atoms with van der Waals surface area (Å²) in [5.74, 6) is -0.811. The maximum atomic E-state index is 12.6. The molecule has 0 bridgehead atoms. The van der Waals surface area contributed by atoms with Crippen LogP contribution in [0.3, 0.4) is 0 Å². The van der Waals surface area contributed by atoms with Gasteiger partial charge in [-0.05, 0) is 36.1 Å². The van der Waals surface area contributed by atoms with Gasteiger partial charge in [-0.1, -0.05) is 36.4 Å². The van der Waals surface area contributed by atoms with Crippen LogP contribution in [0.4, 0.5) is 0 Å². The summed E-state index contributed by atoms with van der Waals surface area (Å²) < 4.78 is 16.5. The number of esters is 2. The molecule has 1 fully saturated rings. The minimum atomic E-state index is -1.07. The zero-order chi connectivity index (χ0) is 24.2. The van der Waals surface area contributed by atoms with E-state index in [1.165, 1.54) is 0 Å². The van der Waals surface area contributed by atoms with E-state index in [1.807, 2.05) is 60.9 Å². The lowest BCUT2D eigenvalue weighted by Crippen LogP contribution is -2.46. The summed E-state index contributed by atoms with van der Waals surface area (Å²) in [7, 11) is 0. The predicted octanol–water partition coefficient (Wildman–Crippen LogP) is 3.78. The van der Waals surface area contributed by atoms with Gasteiger partial charge in [0.05, 0.1) is 6.61 Å². The molecule has 8 heteroatoms. The molecule has 8 nitrogen and oxygen atoms in total. The number of hydrogen-bond donors (Lipinski definition) is 3. The van der Waals surface area contributed by atoms with Crippen LogP contribution in [0.2, 0.25) is 0 Å². The van der Waals surface area contributed by atoms with Gasteiger partial charge in [-0.2, -0.15) is 0 Å². The highest BCUT2D eigenvalue weighted by atomic mass is 16.6. The molecular formula is C27H28N2O6. The lowest BCUT2D eigenvalue weighted by molar-refractivity contribution is -0.218. The fraction of sp³-hybridized carbons (Fsp3) is 0.333. The molecule has 1 aliphatic heterocycles. The van der Waals surface area contributed by atoms with Gasteiger partial charge in [0.2, 0.25) is 0 Å². The van der Waals surface area contributed by atoms with E-state index in [1.54, 1.807) is 0 Å². The van der Waals surface area contributed by atoms with Crippen molar-refractivity contribution in [2.75, 3.05) is 6.61 Å². The van der Waals surface area contributed by atoms with Crippen molar-refractivity contribution in [3.05, 3.63) is 72.1 Å². The fourth-order valence-electron chi connectivity index (χ4n) is 4.57. The van der Waals surface area contributed by atoms with Crippen LogP contribution in [-0.4, -0.2) is 52.1 Å². The summed E-state index contributed by atoms with van der Waals surface area (Å²) in [4.78, 5) is 31.6. The first-order valence-corrected chi connectivity index (χ1v) is 11.9. The maximum Gasteiger partial charge on any atom is 0.306 e. The number of para-hydroxylation sites is 2. The van der Waals surface area contributed by atoms with E-state index in [-0.39, 0.29) is 25.9 Å². The average Bonchev–Trinajstić information content (AvgIpc) is 3.47. The van der Waals surface area contributed by atoms with E-state index >= 15 is 0 Å². The van der Waals surface area contributed by atoms with Crippen molar-refractivity contribution in [3.63, 3.8) is 0 Å². The zero-order valence-electron chi connectivity index (χ0n) is 19.2. The number of benzene rings is 2. The quantitative estimate of drug-likeness (QED) is 0.334. The lowest BCUT2D eigenvalue weighted by atomic mass is 10.1. The van der Waals surface area contributed by atoms with Crippen LogP contribution < -0.4 is 0 Å². The monoisotopic (exact) mass is 476 g/mol. The number of rotatable bonds is 8. The molecule has 1 aliphatic rings. The van der Waals surface area contributed by atoms with Crippen molar-refractivity contribution < 1.29 is 28.9 Å². The minimum Gasteiger partial charge on any atom is -0.458 e. The molecule has 2 aromatic carbocycles. The van der Waals surface area contributed by atoms with Crippen LogP contribution in [0, 0.1) is 0 Å². The SMILES string of the molecule is O=C(CCc1c[nH]c2ccccc12)O[C@H]1CC(O)OC[C@H]1OC(=O)CCc1c[nH]c2ccccc12. The molecule has 3 N–H and O–H groups in total. The molecule has 1 saturated heterocycles. The number of aliphatic hydroxyl groups is 1. The summed E-state index contributed by atoms with van der Waals surface area (Å²) in [5.41, 5.74) is 4.10. The number of H-pyrrole nitrogens is 2. The van der Waals surface area contributed by atoms with Crippen molar-refractivity contribution in [1.29, 1.82) is 0 Å². The number of carbonyl (C=O) groups is 2. The highest BCUT2D eigenvalue weighted by Gasteiger charge is 2.36. The number of fused-ring (bicyclic) bond motifs is 2. The van der Waals surface area contributed by atoms with E-state index in [9.17, 15) is 14.7 Å². The van der Waals surface area contributed by atoms with Crippen molar-refractivity contribution in [2.45, 2.75) is 50.6 Å². The van der Waals surface area contributed by atoms with Gasteiger partial charge in [0.25, 0.3) is 0 Å². The molecule has 3 heterocycles. The van der Waals surface area contributed by atoms with Crippen molar-refractivity contribution >= 4 is 33.7 Å². The first-order chi connectivity index (χ1) is 17.1. The van der Waals surface area contributed by atoms with Crippen LogP contribution in [0.25, 0.3) is 21.8 Å². The van der Waals surface area contributed by atoms with Gasteiger partial charge in [0.15, 0.2) is 12.4 Å². The van der Waals surface area contributed by atoms with E-state index in [0.29, 0.717) is 12.8 Å². The fourth-order valence-corrected chi connectivity index (χ4v) is 4.57. The first kappa shape index (κ1) is 23.1. The smallest absolute Gasteiger partial charge is 0.306 e. The number of hydrogen-bond acceptors (Lipinski definition) is 6. The van der Waals surface area contributed by atoms with Crippen molar-refractivity contribution in [3.8, 4) is 0 Å². The zero-order valence-corrected chi connectivity index (χ0v) is 19.2. The number of nitrogens with one attached hydrogen (secondary N) is 2. The Balaban J connectivity index is 1.15. The second-order valence-electron chi connectivity index (χ2n) is 8.80. The summed E-state index contributed by atoms with van der Waals surface area (Å²) in [6.07, 6.45) is 2.67. The lowest BCUT2D eigenvalue weighted by Gasteiger charge is -2.33. The Hall–Kier alpha value is -3.62. The molecule has 0 saturated carbocycles. The van der Waals surface area contributed by atoms with Crippen LogP contribution in [0.15, 0.2) is 60.9 Å². The summed E-state index contributed by atoms with van der Waals surface area (Å²) in [5, 5.41) is 12.1. The standard InChI is InChI=1S/C27H28N2O6/c30-25(11-9-17-14-28-21-7-3-1-5-19(17)21)34-23-13-27(32)33-16-24(23)35-26(31)12-10-18-15-29-22-8-4-2-6-20(18)22/h1-8,14-15,23-24,27-29,32H,9-13,16H2/t23-,24+,27?/m0/s1. The Bertz CT molecular complexity index is 1330. The Kier molecular flexibility index (Phi) is 6.83. The highest BCUT2D eigenvalue weighted by Crippen LogP contribution is 2.23. The van der Waals surface area contributed by atoms with Crippen molar-refractivity contribution in [2.24, 2.45) is 0 Å². The Morgan fingerprint density at radius 1 is 0.829 bits per heavy atom. The third kappa shape index (κ3) is 5.39. The van der Waals surface area contributed by atoms with Gasteiger partial charge in [-0.15, -0.1) is 0 Å². The van der Waals surface area contributed by atoms with Gasteiger partial charge >= 0.3 is 11.9 Å². The van der Waals surface area contributed by atoms with Crippen LogP contribution in [0.5, 0.6) is 0 Å². The Morgan fingerprint density at radius 2 is 1.34 bits per heavy atom. The molecule has 4 aromatic rings. The number of aromatic amines is 2. The molecule has 0 amide bonds. The molecular weight excluding hydrogens is 448 g/mol. The minimum absolute atomic E-state index is 0.0274. The topological polar surface area (TPSA) is 114 Å². The molecule has 0 aliphatic carbocycles. The first-order valence-electron chi connectivity index (χ1n) is 11.9. The highest BCUT2D eigenvalue weighted by molar-refractivity contribution is 5.84. The number of aliphatic hydroxyl groups excluding tert-OH is 1. The van der Waals surface area contributed by atoms with Crippen molar-refractivity contribution in [1.82, 2.24) is 9.97 Å². The summed E-state index contributed by atoms with van der Waals surface area (Å²) >= 11 is 0. The van der Waals surface area contributed by atoms with E-state index in [2.05, 4.69) is 9.97 Å². The molecule has 3 atom stereocenters. The number of carbonyl (C=O) groups excluding carboxylic acids is 2. The second kappa shape index (κ2) is 10.3. The molecule has 5 rings (SSSR count). The molecule has 0 spiro atoms. The maximum absolute atomic E-state index is 12.6. The van der Waals surface area contributed by atoms with Gasteiger partial charge < -0.3 is 29.3 Å². The number of ether oxygens (including phenoxy) is 3. The normalized spacial score (nSPS) is 20.2. The van der Waals surface area contributed by atoms with E-state index < -0.39 is 30.4 Å². The predicted molar refractivity (Wildman–Crippen MR) is 130 cm³/mol. The molecule has 1 unspecified atom stereocenters. The number of aryl methyl sites for hydroxylation is 2. The van der Waals surface area contributed by atoms with Gasteiger partial charge in [-0.25, -0.2) is 0 Å². The van der Waals surface area contributed by atoms with Crippen LogP contribution >= 0.6 is 0 Å². The third-order valence-electron chi connectivity index (χ3n) is 6.41. The van der Waals surface area contributed by atoms with E-state index in [4.69, 9.17) is 14.2 Å². The van der Waals surface area contributed by atoms with Gasteiger partial charge in [0, 0.05) is 53.5 Å². The van der Waals surface area contributed by atoms with Crippen LogP contribution in [-0.2, 0) is 36.6 Å². The average molecular weight is 477 g/mol. The second-order valence-corrected chi connectivity index (χ2v) is 8.80. The molecule has 182 valence electrons. The molecule has 0 radical (unpaired) electrons. The third-order valence-corrected chi connectivity index (χ3v) is 6.41.